The Morgan fingerprint density at radius 1 is 0.458 bits per heavy atom. The molecule has 0 aliphatic carbocycles. The number of nitrogens with one attached hydrogen (secondary N) is 12. The molecule has 0 saturated carbocycles. The van der Waals surface area contributed by atoms with Crippen molar-refractivity contribution in [1.82, 2.24) is 78.3 Å². The van der Waals surface area contributed by atoms with Gasteiger partial charge in [-0.25, -0.2) is 4.98 Å². The molecular formula is C82H123N19O17. The molecule has 36 nitrogen and oxygen atoms in total. The molecule has 2 aliphatic rings. The summed E-state index contributed by atoms with van der Waals surface area (Å²) in [4.78, 5) is 209. The maximum atomic E-state index is 15.2. The Kier molecular flexibility index (Phi) is 40.1. The summed E-state index contributed by atoms with van der Waals surface area (Å²) in [5, 5.41) is 61.5. The maximum Gasteiger partial charge on any atom is 0.246 e. The lowest BCUT2D eigenvalue weighted by atomic mass is 9.97. The number of aromatic amines is 1. The highest BCUT2D eigenvalue weighted by Crippen LogP contribution is 2.24. The second-order valence-electron chi connectivity index (χ2n) is 30.5. The van der Waals surface area contributed by atoms with Crippen LogP contribution in [0.4, 0.5) is 0 Å². The Bertz CT molecular complexity index is 3940. The van der Waals surface area contributed by atoms with Crippen LogP contribution in [0.5, 0.6) is 5.75 Å². The zero-order chi connectivity index (χ0) is 86.5. The SMILES string of the molecule is CC[C@H](C)[C@H](NC(=O)[C@H](Cc1ccccc1)NC(=O)[C@H](CCCCN)NC(=O)[C@@H]1CCCN1C(=O)[C@H](Cc1cnc[nH]1)NC(=O)[C@H](Cc1ccccc1)NC(=O)[C@@H]1CCCN1C(=O)[C@H](CCCCN)NC(=O)[C@H](CO)NC(=O)[C@H](Cc1ccc(O)cc1)NC(=O)[C@@H](NC(=O)[C@H](CCCCN)NC(=O)[C@@H](NC(C)=O)[C@@H](C)CC)[C@@H](C)O)C(N)=O. The number of aliphatic hydroxyl groups is 2. The van der Waals surface area contributed by atoms with Gasteiger partial charge in [-0.1, -0.05) is 113 Å². The van der Waals surface area contributed by atoms with Gasteiger partial charge in [-0.2, -0.15) is 0 Å². The first-order chi connectivity index (χ1) is 56.4. The molecule has 2 aliphatic heterocycles. The molecule has 118 heavy (non-hydrogen) atoms. The van der Waals surface area contributed by atoms with Crippen molar-refractivity contribution in [3.8, 4) is 5.75 Å². The van der Waals surface area contributed by atoms with E-state index in [1.165, 1.54) is 60.4 Å². The molecule has 0 unspecified atom stereocenters. The lowest BCUT2D eigenvalue weighted by Crippen LogP contribution is -2.62. The minimum absolute atomic E-state index is 0.00296. The van der Waals surface area contributed by atoms with Crippen molar-refractivity contribution in [2.45, 2.75) is 248 Å². The van der Waals surface area contributed by atoms with Crippen LogP contribution in [0.15, 0.2) is 97.5 Å². The van der Waals surface area contributed by atoms with Crippen molar-refractivity contribution in [3.63, 3.8) is 0 Å². The number of nitrogens with two attached hydrogens (primary N) is 4. The van der Waals surface area contributed by atoms with Crippen molar-refractivity contribution >= 4 is 82.7 Å². The molecule has 3 aromatic carbocycles. The van der Waals surface area contributed by atoms with Crippen LogP contribution in [0.1, 0.15) is 160 Å². The van der Waals surface area contributed by atoms with Gasteiger partial charge in [0.2, 0.25) is 82.7 Å². The molecule has 6 rings (SSSR count). The van der Waals surface area contributed by atoms with Gasteiger partial charge < -0.3 is 112 Å². The van der Waals surface area contributed by atoms with E-state index in [0.717, 1.165) is 0 Å². The largest absolute Gasteiger partial charge is 0.508 e. The first-order valence-electron chi connectivity index (χ1n) is 40.9. The smallest absolute Gasteiger partial charge is 0.246 e. The van der Waals surface area contributed by atoms with E-state index >= 15 is 14.4 Å². The number of phenols is 1. The molecule has 648 valence electrons. The van der Waals surface area contributed by atoms with Gasteiger partial charge in [0, 0.05) is 57.6 Å². The Morgan fingerprint density at radius 3 is 1.31 bits per heavy atom. The first-order valence-corrected chi connectivity index (χ1v) is 40.9. The number of carbonyl (C=O) groups excluding carboxylic acids is 14. The van der Waals surface area contributed by atoms with Crippen molar-refractivity contribution in [2.75, 3.05) is 39.3 Å². The zero-order valence-corrected chi connectivity index (χ0v) is 68.4. The van der Waals surface area contributed by atoms with Gasteiger partial charge in [0.15, 0.2) is 0 Å². The second-order valence-corrected chi connectivity index (χ2v) is 30.5. The van der Waals surface area contributed by atoms with E-state index in [2.05, 4.69) is 68.5 Å². The van der Waals surface area contributed by atoms with E-state index in [4.69, 9.17) is 22.9 Å². The fourth-order valence-corrected chi connectivity index (χ4v) is 14.2. The monoisotopic (exact) mass is 1650 g/mol. The highest BCUT2D eigenvalue weighted by molar-refractivity contribution is 6.01. The van der Waals surface area contributed by atoms with Crippen LogP contribution in [0.3, 0.4) is 0 Å². The average Bonchev–Trinajstić information content (AvgIpc) is 1.63. The number of likely N-dealkylation sites (tertiary alicyclic amines) is 2. The molecule has 36 heteroatoms. The van der Waals surface area contributed by atoms with Crippen LogP contribution in [0.25, 0.3) is 0 Å². The van der Waals surface area contributed by atoms with Gasteiger partial charge in [-0.15, -0.1) is 0 Å². The fourth-order valence-electron chi connectivity index (χ4n) is 14.2. The van der Waals surface area contributed by atoms with Crippen molar-refractivity contribution in [2.24, 2.45) is 34.8 Å². The third-order valence-electron chi connectivity index (χ3n) is 21.4. The molecule has 0 spiro atoms. The number of aromatic nitrogens is 2. The number of nitrogens with zero attached hydrogens (tertiary/aromatic N) is 3. The van der Waals surface area contributed by atoms with Crippen LogP contribution < -0.4 is 81.4 Å². The molecule has 0 radical (unpaired) electrons. The number of phenolic OH excluding ortho intramolecular Hbond substituents is 1. The number of carbonyl (C=O) groups is 14. The minimum atomic E-state index is -1.82. The van der Waals surface area contributed by atoms with Crippen LogP contribution >= 0.6 is 0 Å². The fraction of sp³-hybridized carbons (Fsp3) is 0.573. The van der Waals surface area contributed by atoms with E-state index in [9.17, 15) is 68.1 Å². The molecule has 23 N–H and O–H groups in total. The molecule has 1 aromatic heterocycles. The summed E-state index contributed by atoms with van der Waals surface area (Å²) in [6.07, 6.45) is 4.74. The summed E-state index contributed by atoms with van der Waals surface area (Å²) >= 11 is 0. The third kappa shape index (κ3) is 29.9. The van der Waals surface area contributed by atoms with Crippen LogP contribution in [-0.2, 0) is 92.8 Å². The van der Waals surface area contributed by atoms with Crippen molar-refractivity contribution in [1.29, 1.82) is 0 Å². The number of amides is 14. The number of H-pyrrole nitrogens is 1. The molecular weight excluding hydrogens is 1520 g/mol. The number of primary amides is 1. The van der Waals surface area contributed by atoms with E-state index in [1.54, 1.807) is 74.5 Å². The van der Waals surface area contributed by atoms with Crippen LogP contribution in [-0.4, -0.2) is 242 Å². The van der Waals surface area contributed by atoms with E-state index < -0.39 is 174 Å². The highest BCUT2D eigenvalue weighted by atomic mass is 16.3. The molecule has 4 aromatic rings. The normalized spacial score (nSPS) is 17.4. The summed E-state index contributed by atoms with van der Waals surface area (Å²) in [5.74, 6) is -12.0. The van der Waals surface area contributed by atoms with Gasteiger partial charge in [0.05, 0.1) is 19.0 Å². The summed E-state index contributed by atoms with van der Waals surface area (Å²) in [6.45, 7) is 9.29. The maximum absolute atomic E-state index is 15.2. The van der Waals surface area contributed by atoms with Crippen molar-refractivity contribution < 1.29 is 82.4 Å². The second kappa shape index (κ2) is 49.3. The number of benzene rings is 3. The summed E-state index contributed by atoms with van der Waals surface area (Å²) < 4.78 is 0. The van der Waals surface area contributed by atoms with Gasteiger partial charge in [0.25, 0.3) is 0 Å². The molecule has 14 amide bonds. The Balaban J connectivity index is 1.21. The summed E-state index contributed by atoms with van der Waals surface area (Å²) in [7, 11) is 0. The number of rotatable bonds is 50. The topological polar surface area (TPSA) is 571 Å². The van der Waals surface area contributed by atoms with Gasteiger partial charge in [-0.3, -0.25) is 67.1 Å². The van der Waals surface area contributed by atoms with E-state index in [0.29, 0.717) is 73.8 Å². The zero-order valence-electron chi connectivity index (χ0n) is 68.4. The van der Waals surface area contributed by atoms with Gasteiger partial charge in [0.1, 0.15) is 84.3 Å². The molecule has 0 bridgehead atoms. The van der Waals surface area contributed by atoms with E-state index in [1.807, 2.05) is 13.8 Å². The van der Waals surface area contributed by atoms with Crippen LogP contribution in [0, 0.1) is 11.8 Å². The Morgan fingerprint density at radius 2 is 0.839 bits per heavy atom. The predicted octanol–water partition coefficient (Wildman–Crippen LogP) is -1.94. The van der Waals surface area contributed by atoms with E-state index in [-0.39, 0.29) is 121 Å². The number of hydrogen-bond acceptors (Lipinski definition) is 21. The first kappa shape index (κ1) is 95.9. The third-order valence-corrected chi connectivity index (χ3v) is 21.4. The average molecular weight is 1650 g/mol. The predicted molar refractivity (Wildman–Crippen MR) is 436 cm³/mol. The number of unbranched alkanes of at least 4 members (excludes halogenated alkanes) is 3. The minimum Gasteiger partial charge on any atom is -0.508 e. The highest BCUT2D eigenvalue weighted by Gasteiger charge is 2.44. The molecule has 2 saturated heterocycles. The summed E-state index contributed by atoms with van der Waals surface area (Å²) in [6, 6.07) is 5.25. The number of aliphatic hydroxyl groups excluding tert-OH is 2. The van der Waals surface area contributed by atoms with Crippen molar-refractivity contribution in [3.05, 3.63) is 120 Å². The quantitative estimate of drug-likeness (QED) is 0.0214. The summed E-state index contributed by atoms with van der Waals surface area (Å²) in [5.41, 5.74) is 25.3. The molecule has 3 heterocycles. The number of imidazole rings is 1. The van der Waals surface area contributed by atoms with Gasteiger partial charge in [-0.05, 0) is 151 Å². The lowest BCUT2D eigenvalue weighted by molar-refractivity contribution is -0.143. The van der Waals surface area contributed by atoms with Gasteiger partial charge >= 0.3 is 0 Å². The van der Waals surface area contributed by atoms with Crippen LogP contribution in [0.2, 0.25) is 0 Å². The standard InChI is InChI=1S/C82H123N19O17/c1-7-48(3)67(70(86)106)98-75(111)62(42-53-25-13-10-14-26-53)93-71(107)57(27-15-18-36-83)90-77(113)65-30-22-40-101(65)82(118)63(44-55-45-87-47-88-55)96-73(109)60(41-52-23-11-9-12-24-52)94-78(114)66-31-21-39-100(66)81(117)59(29-17-20-38-85)92-76(112)64(46-102)97-74(110)61(43-54-32-34-56(105)35-33-54)95-80(116)69(50(5)103)99-72(108)58(28-16-19-37-84)91-79(115)68(49(4)8-2)89-51(6)104/h9-14,23-26,32-35,45,47-50,57-69,102-103,105H,7-8,15-22,27-31,36-44,46,83-85H2,1-6H3,(H2,86,106)(H,87,88)(H,89,104)(H,90,113)(H,91,115)(H,92,112)(H,93,107)(H,94,114)(H,95,116)(H,96,109)(H,97,110)(H,98,111)(H,99,108)/t48-,49-,50+,57-,58-,59-,60-,61-,62-,63-,64-,65-,66-,67-,68-,69-/m0/s1. The molecule has 16 atom stereocenters. The number of aromatic hydroxyl groups is 1. The number of hydrogen-bond donors (Lipinski definition) is 19. The Labute approximate surface area is 688 Å². The Hall–Kier alpha value is -10.9. The molecule has 2 fully saturated rings. The lowest BCUT2D eigenvalue weighted by Gasteiger charge is -2.32.